The van der Waals surface area contributed by atoms with Crippen LogP contribution in [0.5, 0.6) is 5.75 Å². The van der Waals surface area contributed by atoms with Crippen LogP contribution in [0.3, 0.4) is 0 Å². The Labute approximate surface area is 135 Å². The third-order valence-electron chi connectivity index (χ3n) is 3.72. The van der Waals surface area contributed by atoms with Crippen molar-refractivity contribution >= 4 is 18.3 Å². The Morgan fingerprint density at radius 1 is 1.32 bits per heavy atom. The Morgan fingerprint density at radius 2 is 1.91 bits per heavy atom. The second-order valence-electron chi connectivity index (χ2n) is 5.20. The summed E-state index contributed by atoms with van der Waals surface area (Å²) in [4.78, 5) is 14.1. The Bertz CT molecular complexity index is 463. The summed E-state index contributed by atoms with van der Waals surface area (Å²) in [5, 5.41) is 3.16. The molecule has 1 aromatic carbocycles. The van der Waals surface area contributed by atoms with Gasteiger partial charge in [0, 0.05) is 18.7 Å². The van der Waals surface area contributed by atoms with Crippen LogP contribution in [0.25, 0.3) is 0 Å². The Kier molecular flexibility index (Phi) is 7.55. The summed E-state index contributed by atoms with van der Waals surface area (Å²) >= 11 is 0. The molecule has 7 heteroatoms. The van der Waals surface area contributed by atoms with E-state index < -0.39 is 6.61 Å². The summed E-state index contributed by atoms with van der Waals surface area (Å²) in [6.45, 7) is -0.402. The molecule has 1 aliphatic rings. The van der Waals surface area contributed by atoms with Crippen LogP contribution in [0.2, 0.25) is 0 Å². The lowest BCUT2D eigenvalue weighted by molar-refractivity contribution is -0.0498. The fourth-order valence-corrected chi connectivity index (χ4v) is 2.59. The highest BCUT2D eigenvalue weighted by molar-refractivity contribution is 5.94. The van der Waals surface area contributed by atoms with Gasteiger partial charge in [-0.1, -0.05) is 0 Å². The van der Waals surface area contributed by atoms with Crippen molar-refractivity contribution in [2.45, 2.75) is 19.5 Å². The van der Waals surface area contributed by atoms with E-state index in [0.29, 0.717) is 11.5 Å². The topological polar surface area (TPSA) is 41.6 Å². The minimum Gasteiger partial charge on any atom is -0.435 e. The zero-order valence-electron chi connectivity index (χ0n) is 12.4. The molecule has 1 aliphatic heterocycles. The molecule has 1 amide bonds. The fraction of sp³-hybridized carbons (Fsp3) is 0.533. The Hall–Kier alpha value is -1.40. The Morgan fingerprint density at radius 3 is 2.41 bits per heavy atom. The predicted molar refractivity (Wildman–Crippen MR) is 82.9 cm³/mol. The number of carbonyl (C=O) groups excluding carboxylic acids is 1. The van der Waals surface area contributed by atoms with Crippen molar-refractivity contribution in [3.05, 3.63) is 29.8 Å². The molecule has 1 aromatic rings. The minimum absolute atomic E-state index is 0. The molecule has 22 heavy (non-hydrogen) atoms. The van der Waals surface area contributed by atoms with E-state index in [1.54, 1.807) is 0 Å². The van der Waals surface area contributed by atoms with Crippen LogP contribution in [0.1, 0.15) is 23.2 Å². The normalized spacial score (nSPS) is 15.5. The van der Waals surface area contributed by atoms with E-state index in [2.05, 4.69) is 10.1 Å². The number of carbonyl (C=O) groups is 1. The molecule has 0 aromatic heterocycles. The molecule has 0 spiro atoms. The molecule has 0 aliphatic carbocycles. The van der Waals surface area contributed by atoms with Crippen LogP contribution < -0.4 is 10.1 Å². The molecule has 4 nitrogen and oxygen atoms in total. The fourth-order valence-electron chi connectivity index (χ4n) is 2.59. The van der Waals surface area contributed by atoms with E-state index in [-0.39, 0.29) is 24.1 Å². The van der Waals surface area contributed by atoms with Crippen molar-refractivity contribution in [2.24, 2.45) is 5.92 Å². The van der Waals surface area contributed by atoms with Gasteiger partial charge in [-0.2, -0.15) is 8.78 Å². The molecule has 0 unspecified atom stereocenters. The first kappa shape index (κ1) is 18.6. The first-order valence-electron chi connectivity index (χ1n) is 7.09. The van der Waals surface area contributed by atoms with Gasteiger partial charge in [0.15, 0.2) is 0 Å². The summed E-state index contributed by atoms with van der Waals surface area (Å²) in [5.74, 6) is 0.622. The van der Waals surface area contributed by atoms with Gasteiger partial charge in [-0.15, -0.1) is 12.4 Å². The highest BCUT2D eigenvalue weighted by Crippen LogP contribution is 2.20. The predicted octanol–water partition coefficient (Wildman–Crippen LogP) is 2.78. The number of alkyl halides is 2. The molecular weight excluding hydrogens is 314 g/mol. The molecular formula is C15H21ClF2N2O2. The molecule has 1 N–H and O–H groups in total. The van der Waals surface area contributed by atoms with Gasteiger partial charge < -0.3 is 15.0 Å². The first-order valence-corrected chi connectivity index (χ1v) is 7.09. The maximum atomic E-state index is 12.3. The van der Waals surface area contributed by atoms with Gasteiger partial charge in [-0.05, 0) is 56.6 Å². The van der Waals surface area contributed by atoms with Crippen molar-refractivity contribution in [3.8, 4) is 5.75 Å². The standard InChI is InChI=1S/C15H20F2N2O2.ClH/c1-18-10-11-6-8-19(9-7-11)14(20)12-2-4-13(5-3-12)21-15(16)17;/h2-5,11,15,18H,6-10H2,1H3;1H. The Balaban J connectivity index is 0.00000242. The lowest BCUT2D eigenvalue weighted by atomic mass is 9.96. The molecule has 1 heterocycles. The van der Waals surface area contributed by atoms with Crippen LogP contribution in [0.15, 0.2) is 24.3 Å². The van der Waals surface area contributed by atoms with Crippen molar-refractivity contribution in [3.63, 3.8) is 0 Å². The van der Waals surface area contributed by atoms with Gasteiger partial charge in [0.2, 0.25) is 0 Å². The monoisotopic (exact) mass is 334 g/mol. The highest BCUT2D eigenvalue weighted by atomic mass is 35.5. The van der Waals surface area contributed by atoms with Crippen LogP contribution >= 0.6 is 12.4 Å². The van der Waals surface area contributed by atoms with Gasteiger partial charge in [-0.25, -0.2) is 0 Å². The second-order valence-corrected chi connectivity index (χ2v) is 5.20. The molecule has 0 radical (unpaired) electrons. The molecule has 0 bridgehead atoms. The molecule has 1 saturated heterocycles. The summed E-state index contributed by atoms with van der Waals surface area (Å²) < 4.78 is 28.4. The van der Waals surface area contributed by atoms with Gasteiger partial charge in [-0.3, -0.25) is 4.79 Å². The van der Waals surface area contributed by atoms with E-state index in [0.717, 1.165) is 32.5 Å². The van der Waals surface area contributed by atoms with Gasteiger partial charge in [0.25, 0.3) is 5.91 Å². The van der Waals surface area contributed by atoms with E-state index in [1.165, 1.54) is 24.3 Å². The average Bonchev–Trinajstić information content (AvgIpc) is 2.48. The van der Waals surface area contributed by atoms with E-state index in [4.69, 9.17) is 0 Å². The zero-order valence-corrected chi connectivity index (χ0v) is 13.2. The number of nitrogens with one attached hydrogen (secondary N) is 1. The van der Waals surface area contributed by atoms with Crippen LogP contribution in [0, 0.1) is 5.92 Å². The van der Waals surface area contributed by atoms with Gasteiger partial charge in [0.1, 0.15) is 5.75 Å². The zero-order chi connectivity index (χ0) is 15.2. The third kappa shape index (κ3) is 5.10. The van der Waals surface area contributed by atoms with Crippen molar-refractivity contribution < 1.29 is 18.3 Å². The highest BCUT2D eigenvalue weighted by Gasteiger charge is 2.23. The largest absolute Gasteiger partial charge is 0.435 e. The molecule has 2 rings (SSSR count). The molecule has 1 fully saturated rings. The average molecular weight is 335 g/mol. The maximum Gasteiger partial charge on any atom is 0.387 e. The summed E-state index contributed by atoms with van der Waals surface area (Å²) in [5.41, 5.74) is 0.503. The number of hydrogen-bond donors (Lipinski definition) is 1. The number of piperidine rings is 1. The van der Waals surface area contributed by atoms with E-state index >= 15 is 0 Å². The number of halogens is 3. The maximum absolute atomic E-state index is 12.3. The van der Waals surface area contributed by atoms with Crippen LogP contribution in [-0.4, -0.2) is 44.1 Å². The first-order chi connectivity index (χ1) is 10.1. The second kappa shape index (κ2) is 8.90. The molecule has 0 atom stereocenters. The van der Waals surface area contributed by atoms with Crippen molar-refractivity contribution in [1.82, 2.24) is 10.2 Å². The van der Waals surface area contributed by atoms with Crippen molar-refractivity contribution in [1.29, 1.82) is 0 Å². The van der Waals surface area contributed by atoms with Gasteiger partial charge >= 0.3 is 6.61 Å². The number of hydrogen-bond acceptors (Lipinski definition) is 3. The smallest absolute Gasteiger partial charge is 0.387 e. The van der Waals surface area contributed by atoms with Crippen molar-refractivity contribution in [2.75, 3.05) is 26.7 Å². The molecule has 124 valence electrons. The quantitative estimate of drug-likeness (QED) is 0.900. The number of likely N-dealkylation sites (tertiary alicyclic amines) is 1. The number of benzene rings is 1. The van der Waals surface area contributed by atoms with Gasteiger partial charge in [0.05, 0.1) is 0 Å². The lowest BCUT2D eigenvalue weighted by Gasteiger charge is -2.32. The van der Waals surface area contributed by atoms with E-state index in [1.807, 2.05) is 11.9 Å². The number of amides is 1. The molecule has 0 saturated carbocycles. The van der Waals surface area contributed by atoms with Crippen LogP contribution in [-0.2, 0) is 0 Å². The SMILES string of the molecule is CNCC1CCN(C(=O)c2ccc(OC(F)F)cc2)CC1.Cl. The lowest BCUT2D eigenvalue weighted by Crippen LogP contribution is -2.40. The minimum atomic E-state index is -2.85. The van der Waals surface area contributed by atoms with Crippen LogP contribution in [0.4, 0.5) is 8.78 Å². The summed E-state index contributed by atoms with van der Waals surface area (Å²) in [7, 11) is 1.93. The number of rotatable bonds is 5. The van der Waals surface area contributed by atoms with E-state index in [9.17, 15) is 13.6 Å². The number of nitrogens with zero attached hydrogens (tertiary/aromatic N) is 1. The summed E-state index contributed by atoms with van der Waals surface area (Å²) in [6.07, 6.45) is 1.97. The summed E-state index contributed by atoms with van der Waals surface area (Å²) in [6, 6.07) is 5.85. The third-order valence-corrected chi connectivity index (χ3v) is 3.72. The number of ether oxygens (including phenoxy) is 1.